The average Bonchev–Trinajstić information content (AvgIpc) is 2.51. The first-order chi connectivity index (χ1) is 12.8. The highest BCUT2D eigenvalue weighted by Gasteiger charge is 2.78. The molecule has 0 aromatic heterocycles. The molecule has 4 bridgehead atoms. The van der Waals surface area contributed by atoms with E-state index in [9.17, 15) is 4.79 Å². The Hall–Kier alpha value is -0.613. The maximum Gasteiger partial charge on any atom is 0.333 e. The molecule has 3 nitrogen and oxygen atoms in total. The van der Waals surface area contributed by atoms with Crippen molar-refractivity contribution in [1.29, 1.82) is 0 Å². The van der Waals surface area contributed by atoms with E-state index in [4.69, 9.17) is 9.16 Å². The molecule has 4 rings (SSSR count). The van der Waals surface area contributed by atoms with Gasteiger partial charge >= 0.3 is 5.97 Å². The van der Waals surface area contributed by atoms with Gasteiger partial charge in [0.15, 0.2) is 9.76 Å². The SMILES string of the molecule is C=C(C)C(=O)OC12CC3CC(C1)CC(C(C)(C)C)(C3)C2(CO[SiH2]C)C(C)(C)C. The fourth-order valence-corrected chi connectivity index (χ4v) is 8.51. The largest absolute Gasteiger partial charge is 0.455 e. The Kier molecular flexibility index (Phi) is 5.28. The summed E-state index contributed by atoms with van der Waals surface area (Å²) in [4.78, 5) is 12.9. The lowest BCUT2D eigenvalue weighted by molar-refractivity contribution is -0.341. The third kappa shape index (κ3) is 2.80. The second-order valence-electron chi connectivity index (χ2n) is 12.1. The van der Waals surface area contributed by atoms with Crippen molar-refractivity contribution in [1.82, 2.24) is 0 Å². The molecule has 4 saturated carbocycles. The predicted octanol–water partition coefficient (Wildman–Crippen LogP) is 5.28. The van der Waals surface area contributed by atoms with Crippen LogP contribution in [0.25, 0.3) is 0 Å². The monoisotopic (exact) mass is 406 g/mol. The lowest BCUT2D eigenvalue weighted by Gasteiger charge is -2.78. The van der Waals surface area contributed by atoms with Crippen molar-refractivity contribution in [3.63, 3.8) is 0 Å². The van der Waals surface area contributed by atoms with E-state index in [0.717, 1.165) is 19.4 Å². The lowest BCUT2D eigenvalue weighted by Crippen LogP contribution is -2.78. The summed E-state index contributed by atoms with van der Waals surface area (Å²) in [5, 5.41) is 0. The maximum atomic E-state index is 12.9. The zero-order valence-corrected chi connectivity index (χ0v) is 21.0. The molecule has 0 N–H and O–H groups in total. The number of carbonyl (C=O) groups is 1. The maximum absolute atomic E-state index is 12.9. The second-order valence-corrected chi connectivity index (χ2v) is 13.1. The number of esters is 1. The van der Waals surface area contributed by atoms with Gasteiger partial charge in [-0.1, -0.05) is 54.7 Å². The fraction of sp³-hybridized carbons (Fsp3) is 0.875. The van der Waals surface area contributed by atoms with Gasteiger partial charge in [0.1, 0.15) is 5.60 Å². The summed E-state index contributed by atoms with van der Waals surface area (Å²) in [6.07, 6.45) is 5.77. The highest BCUT2D eigenvalue weighted by molar-refractivity contribution is 6.24. The van der Waals surface area contributed by atoms with Gasteiger partial charge in [-0.3, -0.25) is 0 Å². The molecular weight excluding hydrogens is 364 g/mol. The van der Waals surface area contributed by atoms with Gasteiger partial charge in [-0.25, -0.2) is 4.79 Å². The minimum absolute atomic E-state index is 0.0352. The van der Waals surface area contributed by atoms with E-state index in [-0.39, 0.29) is 27.6 Å². The summed E-state index contributed by atoms with van der Waals surface area (Å²) in [7, 11) is -0.553. The Morgan fingerprint density at radius 3 is 1.96 bits per heavy atom. The first-order valence-corrected chi connectivity index (χ1v) is 13.2. The van der Waals surface area contributed by atoms with Crippen LogP contribution in [0, 0.1) is 33.5 Å². The van der Waals surface area contributed by atoms with Crippen molar-refractivity contribution in [3.05, 3.63) is 12.2 Å². The van der Waals surface area contributed by atoms with Crippen LogP contribution in [-0.4, -0.2) is 27.9 Å². The van der Waals surface area contributed by atoms with Crippen LogP contribution in [0.4, 0.5) is 0 Å². The third-order valence-corrected chi connectivity index (χ3v) is 9.26. The molecule has 160 valence electrons. The molecule has 4 fully saturated rings. The Morgan fingerprint density at radius 2 is 1.57 bits per heavy atom. The normalized spacial score (nSPS) is 40.3. The van der Waals surface area contributed by atoms with Crippen molar-refractivity contribution in [2.45, 2.75) is 92.7 Å². The number of hydrogen-bond donors (Lipinski definition) is 0. The highest BCUT2D eigenvalue weighted by atomic mass is 28.2. The van der Waals surface area contributed by atoms with Crippen LogP contribution in [-0.2, 0) is 14.0 Å². The minimum atomic E-state index is -0.553. The number of ether oxygens (including phenoxy) is 1. The average molecular weight is 407 g/mol. The van der Waals surface area contributed by atoms with Gasteiger partial charge in [0.2, 0.25) is 0 Å². The summed E-state index contributed by atoms with van der Waals surface area (Å²) >= 11 is 0. The van der Waals surface area contributed by atoms with E-state index in [1.54, 1.807) is 6.92 Å². The third-order valence-electron chi connectivity index (χ3n) is 8.65. The molecule has 0 aliphatic heterocycles. The summed E-state index contributed by atoms with van der Waals surface area (Å²) in [5.74, 6) is 1.09. The smallest absolute Gasteiger partial charge is 0.333 e. The van der Waals surface area contributed by atoms with E-state index in [1.807, 2.05) is 0 Å². The number of rotatable bonds is 5. The summed E-state index contributed by atoms with van der Waals surface area (Å²) < 4.78 is 13.0. The molecule has 3 unspecified atom stereocenters. The van der Waals surface area contributed by atoms with Gasteiger partial charge in [-0.15, -0.1) is 0 Å². The molecule has 4 aliphatic carbocycles. The number of carbonyl (C=O) groups excluding carboxylic acids is 1. The molecule has 0 heterocycles. The molecule has 0 spiro atoms. The molecule has 0 amide bonds. The molecule has 28 heavy (non-hydrogen) atoms. The van der Waals surface area contributed by atoms with Gasteiger partial charge < -0.3 is 9.16 Å². The molecule has 0 aromatic rings. The van der Waals surface area contributed by atoms with Crippen LogP contribution in [0.3, 0.4) is 0 Å². The van der Waals surface area contributed by atoms with Crippen molar-refractivity contribution in [3.8, 4) is 0 Å². The van der Waals surface area contributed by atoms with Gasteiger partial charge in [-0.05, 0) is 67.1 Å². The van der Waals surface area contributed by atoms with Crippen LogP contribution in [0.1, 0.15) is 80.6 Å². The van der Waals surface area contributed by atoms with E-state index in [2.05, 4.69) is 54.7 Å². The zero-order valence-electron chi connectivity index (χ0n) is 19.5. The van der Waals surface area contributed by atoms with Crippen LogP contribution in [0.15, 0.2) is 12.2 Å². The molecular formula is C24H42O3Si. The fourth-order valence-electron chi connectivity index (χ4n) is 8.00. The summed E-state index contributed by atoms with van der Waals surface area (Å²) in [5.41, 5.74) is 0.0782. The van der Waals surface area contributed by atoms with Crippen molar-refractivity contribution < 1.29 is 14.0 Å². The molecule has 3 atom stereocenters. The highest BCUT2D eigenvalue weighted by Crippen LogP contribution is 2.79. The Labute approximate surface area is 175 Å². The Balaban J connectivity index is 2.28. The van der Waals surface area contributed by atoms with Gasteiger partial charge in [0, 0.05) is 17.6 Å². The minimum Gasteiger partial charge on any atom is -0.455 e. The second kappa shape index (κ2) is 6.70. The molecule has 4 heteroatoms. The van der Waals surface area contributed by atoms with E-state index < -0.39 is 15.4 Å². The van der Waals surface area contributed by atoms with Gasteiger partial charge in [-0.2, -0.15) is 0 Å². The van der Waals surface area contributed by atoms with E-state index in [0.29, 0.717) is 17.4 Å². The Morgan fingerprint density at radius 1 is 1.04 bits per heavy atom. The van der Waals surface area contributed by atoms with Crippen molar-refractivity contribution >= 4 is 15.7 Å². The van der Waals surface area contributed by atoms with Crippen LogP contribution in [0.2, 0.25) is 6.55 Å². The summed E-state index contributed by atoms with van der Waals surface area (Å²) in [6.45, 7) is 22.9. The van der Waals surface area contributed by atoms with E-state index >= 15 is 0 Å². The first-order valence-electron chi connectivity index (χ1n) is 11.2. The van der Waals surface area contributed by atoms with Gasteiger partial charge in [0.25, 0.3) is 0 Å². The van der Waals surface area contributed by atoms with Crippen LogP contribution < -0.4 is 0 Å². The van der Waals surface area contributed by atoms with Crippen molar-refractivity contribution in [2.75, 3.05) is 6.61 Å². The molecule has 0 aromatic carbocycles. The van der Waals surface area contributed by atoms with Crippen molar-refractivity contribution in [2.24, 2.45) is 33.5 Å². The number of hydrogen-bond acceptors (Lipinski definition) is 3. The Bertz CT molecular complexity index is 640. The topological polar surface area (TPSA) is 35.5 Å². The zero-order chi connectivity index (χ0) is 21.2. The molecule has 0 saturated heterocycles. The van der Waals surface area contributed by atoms with Crippen LogP contribution >= 0.6 is 0 Å². The van der Waals surface area contributed by atoms with Gasteiger partial charge in [0.05, 0.1) is 0 Å². The molecule has 4 aliphatic rings. The summed E-state index contributed by atoms with van der Waals surface area (Å²) in [6, 6.07) is 0. The lowest BCUT2D eigenvalue weighted by atomic mass is 9.28. The quantitative estimate of drug-likeness (QED) is 0.354. The standard InChI is InChI=1S/C24H42O3Si/c1-16(2)19(25)27-23-13-17-10-18(14-23)12-22(11-17,20(3,4)5)24(23,15-26-28-9)21(6,7)8/h17-18H,1,10-15,28H2,2-9H3. The van der Waals surface area contributed by atoms with E-state index in [1.165, 1.54) is 19.3 Å². The predicted molar refractivity (Wildman–Crippen MR) is 118 cm³/mol. The van der Waals surface area contributed by atoms with Crippen LogP contribution in [0.5, 0.6) is 0 Å². The first kappa shape index (κ1) is 22.1. The molecule has 0 radical (unpaired) electrons.